The Morgan fingerprint density at radius 1 is 1.00 bits per heavy atom. The quantitative estimate of drug-likeness (QED) is 0.529. The molecule has 1 N–H and O–H groups in total. The normalized spacial score (nSPS) is 11.9. The van der Waals surface area contributed by atoms with Crippen LogP contribution < -0.4 is 10.9 Å². The highest BCUT2D eigenvalue weighted by Crippen LogP contribution is 2.39. The van der Waals surface area contributed by atoms with Crippen molar-refractivity contribution in [3.05, 3.63) is 62.7 Å². The number of nitrogens with one attached hydrogen (secondary N) is 1. The van der Waals surface area contributed by atoms with Gasteiger partial charge in [0.15, 0.2) is 0 Å². The molecule has 5 nitrogen and oxygen atoms in total. The van der Waals surface area contributed by atoms with Gasteiger partial charge in [-0.25, -0.2) is 0 Å². The molecule has 2 aromatic rings. The van der Waals surface area contributed by atoms with E-state index in [1.165, 1.54) is 22.3 Å². The molecule has 0 bridgehead atoms. The first-order chi connectivity index (χ1) is 14.4. The van der Waals surface area contributed by atoms with Gasteiger partial charge in [0.25, 0.3) is 5.56 Å². The Balaban J connectivity index is 2.06. The number of aromatic amines is 1. The predicted octanol–water partition coefficient (Wildman–Crippen LogP) is 3.99. The van der Waals surface area contributed by atoms with Crippen molar-refractivity contribution in [1.82, 2.24) is 9.55 Å². The molecule has 0 fully saturated rings. The molecule has 0 spiro atoms. The molecule has 30 heavy (non-hydrogen) atoms. The Labute approximate surface area is 176 Å². The topological polar surface area (TPSA) is 56.2 Å². The zero-order valence-electron chi connectivity index (χ0n) is 18.3. The molecule has 0 aliphatic carbocycles. The SMILES string of the molecule is C=c1cc2n(C(COC)COC)c(=O)c3ccc(-c4c(C)cc(C)cc4C)c([nH]1)c3-2. The Kier molecular flexibility index (Phi) is 5.26. The van der Waals surface area contributed by atoms with Crippen LogP contribution in [0.5, 0.6) is 0 Å². The maximum atomic E-state index is 13.4. The summed E-state index contributed by atoms with van der Waals surface area (Å²) in [6, 6.07) is 10.1. The number of rotatable bonds is 6. The summed E-state index contributed by atoms with van der Waals surface area (Å²) >= 11 is 0. The van der Waals surface area contributed by atoms with E-state index in [1.54, 1.807) is 18.8 Å². The van der Waals surface area contributed by atoms with Crippen molar-refractivity contribution in [2.45, 2.75) is 26.8 Å². The third kappa shape index (κ3) is 3.15. The van der Waals surface area contributed by atoms with Crippen LogP contribution in [0.3, 0.4) is 0 Å². The second-order valence-corrected chi connectivity index (χ2v) is 8.10. The maximum Gasteiger partial charge on any atom is 0.259 e. The Bertz CT molecular complexity index is 1270. The number of aromatic nitrogens is 2. The van der Waals surface area contributed by atoms with Gasteiger partial charge in [-0.2, -0.15) is 0 Å². The first-order valence-corrected chi connectivity index (χ1v) is 10.1. The van der Waals surface area contributed by atoms with Crippen LogP contribution in [0.15, 0.2) is 35.1 Å². The molecule has 0 atom stereocenters. The van der Waals surface area contributed by atoms with Gasteiger partial charge in [0.05, 0.1) is 35.9 Å². The van der Waals surface area contributed by atoms with Crippen molar-refractivity contribution in [2.75, 3.05) is 27.4 Å². The lowest BCUT2D eigenvalue weighted by molar-refractivity contribution is 0.0892. The lowest BCUT2D eigenvalue weighted by Crippen LogP contribution is -2.28. The van der Waals surface area contributed by atoms with Crippen molar-refractivity contribution < 1.29 is 9.47 Å². The van der Waals surface area contributed by atoms with Gasteiger partial charge >= 0.3 is 0 Å². The van der Waals surface area contributed by atoms with E-state index in [4.69, 9.17) is 9.47 Å². The number of pyridine rings is 1. The minimum Gasteiger partial charge on any atom is -0.382 e. The number of H-pyrrole nitrogens is 1. The van der Waals surface area contributed by atoms with Crippen LogP contribution in [0, 0.1) is 20.8 Å². The largest absolute Gasteiger partial charge is 0.382 e. The Hall–Kier alpha value is -2.89. The summed E-state index contributed by atoms with van der Waals surface area (Å²) < 4.78 is 12.6. The molecule has 156 valence electrons. The number of hydrogen-bond donors (Lipinski definition) is 1. The van der Waals surface area contributed by atoms with E-state index in [1.807, 2.05) is 18.2 Å². The van der Waals surface area contributed by atoms with Gasteiger partial charge in [0.1, 0.15) is 0 Å². The first kappa shape index (κ1) is 20.4. The van der Waals surface area contributed by atoms with Crippen LogP contribution >= 0.6 is 0 Å². The van der Waals surface area contributed by atoms with Gasteiger partial charge in [-0.1, -0.05) is 30.3 Å². The van der Waals surface area contributed by atoms with Crippen LogP contribution in [0.1, 0.15) is 22.7 Å². The molecule has 0 radical (unpaired) electrons. The molecular weight excluding hydrogens is 376 g/mol. The van der Waals surface area contributed by atoms with E-state index in [-0.39, 0.29) is 11.6 Å². The molecule has 2 aliphatic rings. The summed E-state index contributed by atoms with van der Waals surface area (Å²) in [5.74, 6) is 0. The standard InChI is InChI=1S/C25H28N2O3/c1-14-9-15(2)22(16(3)10-14)19-7-8-20-23-21(11-17(4)26-24(19)23)27(25(20)28)18(12-29-5)13-30-6/h7-11,18,26H,4,12-13H2,1-3,5-6H3. The zero-order valence-corrected chi connectivity index (χ0v) is 18.3. The number of ether oxygens (including phenoxy) is 2. The summed E-state index contributed by atoms with van der Waals surface area (Å²) in [6.45, 7) is 11.3. The van der Waals surface area contributed by atoms with E-state index < -0.39 is 0 Å². The number of aryl methyl sites for hydroxylation is 3. The number of nitrogens with zero attached hydrogens (tertiary/aromatic N) is 1. The molecule has 0 amide bonds. The van der Waals surface area contributed by atoms with E-state index in [0.29, 0.717) is 18.6 Å². The molecule has 0 aromatic heterocycles. The summed E-state index contributed by atoms with van der Waals surface area (Å²) in [7, 11) is 3.27. The van der Waals surface area contributed by atoms with E-state index >= 15 is 0 Å². The third-order valence-electron chi connectivity index (χ3n) is 5.80. The fraction of sp³-hybridized carbons (Fsp3) is 0.320. The molecular formula is C25H28N2O3. The highest BCUT2D eigenvalue weighted by atomic mass is 16.5. The second kappa shape index (κ2) is 7.74. The third-order valence-corrected chi connectivity index (χ3v) is 5.80. The van der Waals surface area contributed by atoms with Gasteiger partial charge < -0.3 is 14.5 Å². The minimum atomic E-state index is -0.212. The average Bonchev–Trinajstić information content (AvgIpc) is 2.95. The monoisotopic (exact) mass is 404 g/mol. The summed E-state index contributed by atoms with van der Waals surface area (Å²) in [4.78, 5) is 16.8. The zero-order chi connectivity index (χ0) is 21.6. The van der Waals surface area contributed by atoms with E-state index in [2.05, 4.69) is 44.5 Å². The van der Waals surface area contributed by atoms with Crippen molar-refractivity contribution in [3.8, 4) is 22.4 Å². The van der Waals surface area contributed by atoms with Crippen LogP contribution in [0.2, 0.25) is 0 Å². The van der Waals surface area contributed by atoms with Crippen LogP contribution in [-0.2, 0) is 9.47 Å². The molecule has 4 rings (SSSR count). The molecule has 0 saturated heterocycles. The van der Waals surface area contributed by atoms with Crippen molar-refractivity contribution >= 4 is 17.5 Å². The fourth-order valence-electron chi connectivity index (χ4n) is 4.80. The maximum absolute atomic E-state index is 13.4. The summed E-state index contributed by atoms with van der Waals surface area (Å²) in [6.07, 6.45) is 0. The lowest BCUT2D eigenvalue weighted by atomic mass is 9.90. The second-order valence-electron chi connectivity index (χ2n) is 8.10. The molecule has 2 aliphatic heterocycles. The van der Waals surface area contributed by atoms with Gasteiger partial charge in [-0.05, 0) is 49.6 Å². The average molecular weight is 405 g/mol. The van der Waals surface area contributed by atoms with Crippen molar-refractivity contribution in [2.24, 2.45) is 0 Å². The number of methoxy groups -OCH3 is 2. The molecule has 2 heterocycles. The van der Waals surface area contributed by atoms with Gasteiger partial charge in [0, 0.05) is 30.7 Å². The summed E-state index contributed by atoms with van der Waals surface area (Å²) in [5, 5.41) is 1.45. The molecule has 0 saturated carbocycles. The van der Waals surface area contributed by atoms with Gasteiger partial charge in [0.2, 0.25) is 0 Å². The first-order valence-electron chi connectivity index (χ1n) is 10.1. The van der Waals surface area contributed by atoms with Crippen molar-refractivity contribution in [3.63, 3.8) is 0 Å². The smallest absolute Gasteiger partial charge is 0.259 e. The lowest BCUT2D eigenvalue weighted by Gasteiger charge is -2.20. The minimum absolute atomic E-state index is 0.0306. The Morgan fingerprint density at radius 3 is 2.23 bits per heavy atom. The number of hydrogen-bond acceptors (Lipinski definition) is 3. The van der Waals surface area contributed by atoms with Crippen LogP contribution in [0.25, 0.3) is 39.9 Å². The molecule has 5 heteroatoms. The number of benzene rings is 2. The van der Waals surface area contributed by atoms with E-state index in [0.717, 1.165) is 27.7 Å². The summed E-state index contributed by atoms with van der Waals surface area (Å²) in [5.41, 5.74) is 8.64. The van der Waals surface area contributed by atoms with Gasteiger partial charge in [-0.15, -0.1) is 0 Å². The fourth-order valence-corrected chi connectivity index (χ4v) is 4.80. The van der Waals surface area contributed by atoms with Crippen LogP contribution in [-0.4, -0.2) is 37.0 Å². The van der Waals surface area contributed by atoms with Crippen LogP contribution in [0.4, 0.5) is 0 Å². The van der Waals surface area contributed by atoms with Gasteiger partial charge in [-0.3, -0.25) is 9.36 Å². The highest BCUT2D eigenvalue weighted by Gasteiger charge is 2.27. The highest BCUT2D eigenvalue weighted by molar-refractivity contribution is 6.03. The van der Waals surface area contributed by atoms with E-state index in [9.17, 15) is 4.79 Å². The Morgan fingerprint density at radius 2 is 1.63 bits per heavy atom. The van der Waals surface area contributed by atoms with Crippen molar-refractivity contribution in [1.29, 1.82) is 0 Å². The molecule has 2 aromatic carbocycles. The molecule has 0 unspecified atom stereocenters. The predicted molar refractivity (Wildman–Crippen MR) is 122 cm³/mol.